The molecule has 1 heterocycles. The van der Waals surface area contributed by atoms with E-state index in [0.717, 1.165) is 5.56 Å². The number of hydrogen-bond acceptors (Lipinski definition) is 6. The van der Waals surface area contributed by atoms with Crippen molar-refractivity contribution in [1.29, 1.82) is 0 Å². The van der Waals surface area contributed by atoms with E-state index in [1.165, 1.54) is 24.3 Å². The molecule has 1 amide bonds. The normalized spacial score (nSPS) is 10.6. The first-order valence-corrected chi connectivity index (χ1v) is 8.71. The average molecular weight is 389 g/mol. The first-order chi connectivity index (χ1) is 14.1. The van der Waals surface area contributed by atoms with Crippen LogP contribution < -0.4 is 10.1 Å². The Morgan fingerprint density at radius 3 is 2.55 bits per heavy atom. The highest BCUT2D eigenvalue weighted by atomic mass is 16.6. The Labute approximate surface area is 164 Å². The third-order valence-electron chi connectivity index (χ3n) is 4.11. The number of nitro groups is 1. The molecule has 0 aliphatic heterocycles. The molecule has 3 aromatic carbocycles. The molecule has 0 spiro atoms. The second-order valence-corrected chi connectivity index (χ2v) is 6.16. The van der Waals surface area contributed by atoms with E-state index in [2.05, 4.69) is 10.3 Å². The van der Waals surface area contributed by atoms with Crippen LogP contribution in [0.2, 0.25) is 0 Å². The van der Waals surface area contributed by atoms with Crippen molar-refractivity contribution < 1.29 is 18.9 Å². The zero-order chi connectivity index (χ0) is 20.2. The molecule has 8 nitrogen and oxygen atoms in total. The number of benzene rings is 3. The number of carbonyl (C=O) groups excluding carboxylic acids is 1. The monoisotopic (exact) mass is 389 g/mol. The van der Waals surface area contributed by atoms with E-state index in [1.807, 2.05) is 30.3 Å². The number of fused-ring (bicyclic) bond motifs is 1. The lowest BCUT2D eigenvalue weighted by Gasteiger charge is -2.07. The summed E-state index contributed by atoms with van der Waals surface area (Å²) in [7, 11) is 0. The molecule has 0 saturated carbocycles. The number of oxazole rings is 1. The van der Waals surface area contributed by atoms with Gasteiger partial charge in [0.1, 0.15) is 11.3 Å². The van der Waals surface area contributed by atoms with Gasteiger partial charge in [-0.1, -0.05) is 18.2 Å². The van der Waals surface area contributed by atoms with Crippen molar-refractivity contribution in [1.82, 2.24) is 4.98 Å². The summed E-state index contributed by atoms with van der Waals surface area (Å²) < 4.78 is 11.1. The molecule has 1 aromatic heterocycles. The second-order valence-electron chi connectivity index (χ2n) is 6.16. The average Bonchev–Trinajstić information content (AvgIpc) is 3.17. The molecule has 1 N–H and O–H groups in total. The van der Waals surface area contributed by atoms with Crippen LogP contribution in [0.4, 0.5) is 11.4 Å². The van der Waals surface area contributed by atoms with Gasteiger partial charge in [-0.15, -0.1) is 0 Å². The summed E-state index contributed by atoms with van der Waals surface area (Å²) in [5.41, 5.74) is 2.62. The lowest BCUT2D eigenvalue weighted by Crippen LogP contribution is -2.20. The summed E-state index contributed by atoms with van der Waals surface area (Å²) in [6.45, 7) is -0.232. The Hall–Kier alpha value is -4.20. The van der Waals surface area contributed by atoms with Crippen molar-refractivity contribution in [2.75, 3.05) is 11.9 Å². The minimum atomic E-state index is -0.500. The molecular weight excluding hydrogens is 374 g/mol. The summed E-state index contributed by atoms with van der Waals surface area (Å²) >= 11 is 0. The molecular formula is C21H15N3O5. The number of carbonyl (C=O) groups is 1. The van der Waals surface area contributed by atoms with Crippen LogP contribution in [0.5, 0.6) is 5.75 Å². The molecule has 0 aliphatic rings. The number of nitrogens with zero attached hydrogens (tertiary/aromatic N) is 2. The van der Waals surface area contributed by atoms with Gasteiger partial charge in [0, 0.05) is 23.4 Å². The number of ether oxygens (including phenoxy) is 1. The summed E-state index contributed by atoms with van der Waals surface area (Å²) in [4.78, 5) is 26.7. The summed E-state index contributed by atoms with van der Waals surface area (Å²) in [6.07, 6.45) is 0. The molecule has 8 heteroatoms. The molecule has 0 aliphatic carbocycles. The van der Waals surface area contributed by atoms with E-state index in [0.29, 0.717) is 28.4 Å². The first kappa shape index (κ1) is 18.2. The molecule has 0 unspecified atom stereocenters. The fourth-order valence-corrected chi connectivity index (χ4v) is 2.72. The van der Waals surface area contributed by atoms with Gasteiger partial charge in [0.15, 0.2) is 12.2 Å². The molecule has 0 fully saturated rings. The number of rotatable bonds is 6. The summed E-state index contributed by atoms with van der Waals surface area (Å²) in [5, 5.41) is 13.4. The first-order valence-electron chi connectivity index (χ1n) is 8.71. The standard InChI is InChI=1S/C21H15N3O5/c25-20(13-28-17-9-7-16(8-10-17)24(26)27)22-15-6-11-19-18(12-15)23-21(29-19)14-4-2-1-3-5-14/h1-12H,13H2,(H,22,25). The van der Waals surface area contributed by atoms with Crippen molar-refractivity contribution in [3.05, 3.63) is 82.9 Å². The fraction of sp³-hybridized carbons (Fsp3) is 0.0476. The highest BCUT2D eigenvalue weighted by molar-refractivity contribution is 5.94. The van der Waals surface area contributed by atoms with E-state index >= 15 is 0 Å². The van der Waals surface area contributed by atoms with Gasteiger partial charge < -0.3 is 14.5 Å². The summed E-state index contributed by atoms with van der Waals surface area (Å²) in [5.74, 6) is 0.505. The van der Waals surface area contributed by atoms with Gasteiger partial charge >= 0.3 is 0 Å². The highest BCUT2D eigenvalue weighted by Gasteiger charge is 2.11. The number of aromatic nitrogens is 1. The second kappa shape index (κ2) is 7.81. The zero-order valence-corrected chi connectivity index (χ0v) is 15.1. The number of nitro benzene ring substituents is 1. The number of non-ortho nitro benzene ring substituents is 1. The van der Waals surface area contributed by atoms with Crippen LogP contribution >= 0.6 is 0 Å². The lowest BCUT2D eigenvalue weighted by atomic mass is 10.2. The van der Waals surface area contributed by atoms with Crippen molar-refractivity contribution in [2.45, 2.75) is 0 Å². The van der Waals surface area contributed by atoms with Gasteiger partial charge in [0.2, 0.25) is 5.89 Å². The van der Waals surface area contributed by atoms with Crippen molar-refractivity contribution >= 4 is 28.4 Å². The molecule has 4 rings (SSSR count). The van der Waals surface area contributed by atoms with Gasteiger partial charge in [-0.3, -0.25) is 14.9 Å². The predicted octanol–water partition coefficient (Wildman–Crippen LogP) is 4.42. The van der Waals surface area contributed by atoms with Crippen LogP contribution in [-0.4, -0.2) is 22.4 Å². The van der Waals surface area contributed by atoms with E-state index in [9.17, 15) is 14.9 Å². The van der Waals surface area contributed by atoms with Crippen molar-refractivity contribution in [3.63, 3.8) is 0 Å². The summed E-state index contributed by atoms with van der Waals surface area (Å²) in [6, 6.07) is 20.2. The fourth-order valence-electron chi connectivity index (χ4n) is 2.72. The van der Waals surface area contributed by atoms with Gasteiger partial charge in [-0.2, -0.15) is 0 Å². The van der Waals surface area contributed by atoms with Gasteiger partial charge in [0.25, 0.3) is 11.6 Å². The predicted molar refractivity (Wildman–Crippen MR) is 107 cm³/mol. The molecule has 144 valence electrons. The Balaban J connectivity index is 1.40. The van der Waals surface area contributed by atoms with E-state index in [1.54, 1.807) is 18.2 Å². The molecule has 29 heavy (non-hydrogen) atoms. The van der Waals surface area contributed by atoms with Crippen LogP contribution in [0.3, 0.4) is 0 Å². The van der Waals surface area contributed by atoms with Crippen molar-refractivity contribution in [2.24, 2.45) is 0 Å². The van der Waals surface area contributed by atoms with Crippen LogP contribution in [0.1, 0.15) is 0 Å². The maximum atomic E-state index is 12.1. The van der Waals surface area contributed by atoms with Crippen LogP contribution in [0, 0.1) is 10.1 Å². The third kappa shape index (κ3) is 4.22. The zero-order valence-electron chi connectivity index (χ0n) is 15.1. The van der Waals surface area contributed by atoms with E-state index in [4.69, 9.17) is 9.15 Å². The largest absolute Gasteiger partial charge is 0.484 e. The van der Waals surface area contributed by atoms with E-state index < -0.39 is 4.92 Å². The van der Waals surface area contributed by atoms with Gasteiger partial charge in [-0.25, -0.2) is 4.98 Å². The molecule has 0 saturated heterocycles. The van der Waals surface area contributed by atoms with Crippen LogP contribution in [0.15, 0.2) is 77.2 Å². The lowest BCUT2D eigenvalue weighted by molar-refractivity contribution is -0.384. The molecule has 0 bridgehead atoms. The topological polar surface area (TPSA) is 108 Å². The Morgan fingerprint density at radius 2 is 1.83 bits per heavy atom. The Kier molecular flexibility index (Phi) is 4.90. The number of amides is 1. The minimum absolute atomic E-state index is 0.0439. The van der Waals surface area contributed by atoms with Crippen LogP contribution in [-0.2, 0) is 4.79 Å². The Bertz CT molecular complexity index is 1170. The number of nitrogens with one attached hydrogen (secondary N) is 1. The van der Waals surface area contributed by atoms with E-state index in [-0.39, 0.29) is 18.2 Å². The number of anilines is 1. The highest BCUT2D eigenvalue weighted by Crippen LogP contribution is 2.26. The SMILES string of the molecule is O=C(COc1ccc([N+](=O)[O-])cc1)Nc1ccc2oc(-c3ccccc3)nc2c1. The third-order valence-corrected chi connectivity index (χ3v) is 4.11. The minimum Gasteiger partial charge on any atom is -0.484 e. The maximum Gasteiger partial charge on any atom is 0.269 e. The van der Waals surface area contributed by atoms with Crippen LogP contribution in [0.25, 0.3) is 22.6 Å². The van der Waals surface area contributed by atoms with Gasteiger partial charge in [-0.05, 0) is 42.5 Å². The maximum absolute atomic E-state index is 12.1. The van der Waals surface area contributed by atoms with Gasteiger partial charge in [0.05, 0.1) is 4.92 Å². The number of hydrogen-bond donors (Lipinski definition) is 1. The molecule has 0 radical (unpaired) electrons. The smallest absolute Gasteiger partial charge is 0.269 e. The Morgan fingerprint density at radius 1 is 1.07 bits per heavy atom. The quantitative estimate of drug-likeness (QED) is 0.386. The van der Waals surface area contributed by atoms with Crippen molar-refractivity contribution in [3.8, 4) is 17.2 Å². The molecule has 4 aromatic rings. The molecule has 0 atom stereocenters.